The molecule has 1 N–H and O–H groups in total. The van der Waals surface area contributed by atoms with Crippen LogP contribution < -0.4 is 14.4 Å². The molecule has 5 rings (SSSR count). The van der Waals surface area contributed by atoms with Crippen molar-refractivity contribution in [2.45, 2.75) is 33.2 Å². The average molecular weight is 529 g/mol. The quantitative estimate of drug-likeness (QED) is 0.171. The van der Waals surface area contributed by atoms with Gasteiger partial charge < -0.3 is 14.6 Å². The van der Waals surface area contributed by atoms with Crippen LogP contribution in [-0.4, -0.2) is 35.5 Å². The number of aliphatic hydroxyl groups is 1. The van der Waals surface area contributed by atoms with Crippen molar-refractivity contribution in [3.05, 3.63) is 88.5 Å². The number of thiazole rings is 1. The predicted molar refractivity (Wildman–Crippen MR) is 149 cm³/mol. The number of ketones is 1. The van der Waals surface area contributed by atoms with Crippen LogP contribution in [0.3, 0.4) is 0 Å². The second kappa shape index (κ2) is 10.3. The molecule has 1 aliphatic heterocycles. The lowest BCUT2D eigenvalue weighted by molar-refractivity contribution is -0.132. The van der Waals surface area contributed by atoms with Crippen LogP contribution in [0.15, 0.2) is 66.2 Å². The second-order valence-electron chi connectivity index (χ2n) is 9.25. The zero-order chi connectivity index (χ0) is 27.0. The summed E-state index contributed by atoms with van der Waals surface area (Å²) in [6.45, 7) is 6.53. The number of fused-ring (bicyclic) bond motifs is 1. The van der Waals surface area contributed by atoms with Gasteiger partial charge in [-0.05, 0) is 67.3 Å². The molecule has 0 radical (unpaired) electrons. The van der Waals surface area contributed by atoms with E-state index < -0.39 is 17.7 Å². The molecule has 1 atom stereocenters. The number of nitrogens with zero attached hydrogens (tertiary/aromatic N) is 2. The van der Waals surface area contributed by atoms with Crippen molar-refractivity contribution in [3.63, 3.8) is 0 Å². The second-order valence-corrected chi connectivity index (χ2v) is 10.3. The van der Waals surface area contributed by atoms with Crippen molar-refractivity contribution in [2.24, 2.45) is 0 Å². The number of anilines is 1. The summed E-state index contributed by atoms with van der Waals surface area (Å²) >= 11 is 1.35. The van der Waals surface area contributed by atoms with Crippen molar-refractivity contribution >= 4 is 44.1 Å². The molecule has 1 amide bonds. The number of hydrogen-bond acceptors (Lipinski definition) is 7. The number of rotatable bonds is 7. The van der Waals surface area contributed by atoms with E-state index in [0.717, 1.165) is 27.8 Å². The van der Waals surface area contributed by atoms with Gasteiger partial charge in [0.2, 0.25) is 0 Å². The number of carbonyl (C=O) groups excluding carboxylic acids is 2. The Morgan fingerprint density at radius 2 is 1.82 bits per heavy atom. The van der Waals surface area contributed by atoms with Crippen LogP contribution in [0.1, 0.15) is 41.6 Å². The topological polar surface area (TPSA) is 89.0 Å². The molecule has 1 saturated heterocycles. The van der Waals surface area contributed by atoms with Gasteiger partial charge in [0.25, 0.3) is 5.78 Å². The van der Waals surface area contributed by atoms with Gasteiger partial charge in [-0.3, -0.25) is 14.5 Å². The third-order valence-corrected chi connectivity index (χ3v) is 7.46. The molecule has 0 saturated carbocycles. The Morgan fingerprint density at radius 1 is 1.05 bits per heavy atom. The van der Waals surface area contributed by atoms with Crippen LogP contribution in [0.2, 0.25) is 0 Å². The van der Waals surface area contributed by atoms with Gasteiger partial charge in [-0.15, -0.1) is 0 Å². The Morgan fingerprint density at radius 3 is 2.58 bits per heavy atom. The maximum atomic E-state index is 13.6. The first-order chi connectivity index (χ1) is 18.3. The number of aromatic nitrogens is 1. The fraction of sp³-hybridized carbons (Fsp3) is 0.233. The van der Waals surface area contributed by atoms with Crippen LogP contribution in [0, 0.1) is 13.8 Å². The highest BCUT2D eigenvalue weighted by molar-refractivity contribution is 7.22. The highest BCUT2D eigenvalue weighted by Crippen LogP contribution is 2.45. The SMILES string of the molecule is CCCOc1cccc([C@@H]2/C(=C(\O)c3cccc(OC)c3)C(=O)C(=O)N2c2nc3c(C)cc(C)cc3s2)c1. The maximum Gasteiger partial charge on any atom is 0.301 e. The molecule has 0 aliphatic carbocycles. The Hall–Kier alpha value is -4.17. The van der Waals surface area contributed by atoms with Gasteiger partial charge in [0, 0.05) is 5.56 Å². The minimum Gasteiger partial charge on any atom is -0.507 e. The van der Waals surface area contributed by atoms with Gasteiger partial charge in [-0.2, -0.15) is 0 Å². The van der Waals surface area contributed by atoms with Crippen LogP contribution in [0.4, 0.5) is 5.13 Å². The molecule has 4 aromatic rings. The fourth-order valence-corrected chi connectivity index (χ4v) is 5.90. The third-order valence-electron chi connectivity index (χ3n) is 6.46. The van der Waals surface area contributed by atoms with Gasteiger partial charge in [0.05, 0.1) is 35.5 Å². The Balaban J connectivity index is 1.72. The number of aryl methyl sites for hydroxylation is 2. The van der Waals surface area contributed by atoms with Crippen molar-refractivity contribution in [2.75, 3.05) is 18.6 Å². The first kappa shape index (κ1) is 25.5. The number of carbonyl (C=O) groups is 2. The van der Waals surface area contributed by atoms with E-state index >= 15 is 0 Å². The molecular weight excluding hydrogens is 500 g/mol. The van der Waals surface area contributed by atoms with E-state index in [4.69, 9.17) is 14.5 Å². The van der Waals surface area contributed by atoms with Gasteiger partial charge in [0.15, 0.2) is 5.13 Å². The largest absolute Gasteiger partial charge is 0.507 e. The summed E-state index contributed by atoms with van der Waals surface area (Å²) in [7, 11) is 1.52. The highest BCUT2D eigenvalue weighted by atomic mass is 32.1. The summed E-state index contributed by atoms with van der Waals surface area (Å²) in [5.41, 5.74) is 3.85. The molecule has 7 nitrogen and oxygen atoms in total. The first-order valence-corrected chi connectivity index (χ1v) is 13.2. The molecule has 1 aliphatic rings. The summed E-state index contributed by atoms with van der Waals surface area (Å²) in [5, 5.41) is 11.8. The summed E-state index contributed by atoms with van der Waals surface area (Å²) in [5.74, 6) is -0.656. The van der Waals surface area contributed by atoms with Gasteiger partial charge in [-0.1, -0.05) is 48.6 Å². The molecule has 1 fully saturated rings. The number of methoxy groups -OCH3 is 1. The highest BCUT2D eigenvalue weighted by Gasteiger charge is 2.48. The zero-order valence-electron chi connectivity index (χ0n) is 21.6. The Kier molecular flexibility index (Phi) is 6.91. The van der Waals surface area contributed by atoms with E-state index in [2.05, 4.69) is 0 Å². The van der Waals surface area contributed by atoms with Crippen LogP contribution in [0.25, 0.3) is 16.0 Å². The zero-order valence-corrected chi connectivity index (χ0v) is 22.5. The van der Waals surface area contributed by atoms with E-state index in [1.807, 2.05) is 51.1 Å². The minimum atomic E-state index is -0.895. The first-order valence-electron chi connectivity index (χ1n) is 12.4. The Labute approximate surface area is 225 Å². The summed E-state index contributed by atoms with van der Waals surface area (Å²) in [6, 6.07) is 17.2. The number of Topliss-reactive ketones (excluding diaryl/α,β-unsaturated/α-hetero) is 1. The lowest BCUT2D eigenvalue weighted by Gasteiger charge is -2.23. The van der Waals surface area contributed by atoms with Gasteiger partial charge in [-0.25, -0.2) is 4.98 Å². The fourth-order valence-electron chi connectivity index (χ4n) is 4.73. The van der Waals surface area contributed by atoms with E-state index in [1.54, 1.807) is 30.3 Å². The molecule has 0 spiro atoms. The normalized spacial score (nSPS) is 16.8. The number of benzene rings is 3. The number of amides is 1. The van der Waals surface area contributed by atoms with Crippen LogP contribution in [-0.2, 0) is 9.59 Å². The average Bonchev–Trinajstić information content (AvgIpc) is 3.45. The lowest BCUT2D eigenvalue weighted by Crippen LogP contribution is -2.29. The van der Waals surface area contributed by atoms with E-state index in [-0.39, 0.29) is 11.3 Å². The number of aliphatic hydroxyl groups excluding tert-OH is 1. The molecular formula is C30H28N2O5S. The smallest absolute Gasteiger partial charge is 0.301 e. The van der Waals surface area contributed by atoms with Crippen molar-refractivity contribution in [1.29, 1.82) is 0 Å². The molecule has 38 heavy (non-hydrogen) atoms. The monoisotopic (exact) mass is 528 g/mol. The van der Waals surface area contributed by atoms with Crippen LogP contribution >= 0.6 is 11.3 Å². The number of ether oxygens (including phenoxy) is 2. The van der Waals surface area contributed by atoms with E-state index in [1.165, 1.54) is 23.3 Å². The lowest BCUT2D eigenvalue weighted by atomic mass is 9.95. The molecule has 0 bridgehead atoms. The molecule has 3 aromatic carbocycles. The standard InChI is InChI=1S/C30H28N2O5S/c1-5-12-37-22-11-6-8-19(15-22)26-24(27(33)20-9-7-10-21(16-20)36-4)28(34)29(35)32(26)30-31-25-18(3)13-17(2)14-23(25)38-30/h6-11,13-16,26,33H,5,12H2,1-4H3/b27-24+/t26-/m1/s1. The maximum absolute atomic E-state index is 13.6. The third kappa shape index (κ3) is 4.52. The summed E-state index contributed by atoms with van der Waals surface area (Å²) in [6.07, 6.45) is 0.836. The molecule has 194 valence electrons. The van der Waals surface area contributed by atoms with E-state index in [0.29, 0.717) is 34.4 Å². The van der Waals surface area contributed by atoms with Gasteiger partial charge >= 0.3 is 5.91 Å². The molecule has 0 unspecified atom stereocenters. The number of hydrogen-bond donors (Lipinski definition) is 1. The van der Waals surface area contributed by atoms with Crippen molar-refractivity contribution < 1.29 is 24.2 Å². The van der Waals surface area contributed by atoms with Crippen molar-refractivity contribution in [1.82, 2.24) is 4.98 Å². The summed E-state index contributed by atoms with van der Waals surface area (Å²) < 4.78 is 12.1. The van der Waals surface area contributed by atoms with E-state index in [9.17, 15) is 14.7 Å². The molecule has 1 aromatic heterocycles. The van der Waals surface area contributed by atoms with Crippen molar-refractivity contribution in [3.8, 4) is 11.5 Å². The summed E-state index contributed by atoms with van der Waals surface area (Å²) in [4.78, 5) is 33.3. The molecule has 8 heteroatoms. The Bertz CT molecular complexity index is 1590. The van der Waals surface area contributed by atoms with Gasteiger partial charge in [0.1, 0.15) is 17.3 Å². The van der Waals surface area contributed by atoms with Crippen LogP contribution in [0.5, 0.6) is 11.5 Å². The predicted octanol–water partition coefficient (Wildman–Crippen LogP) is 6.34. The molecule has 2 heterocycles. The minimum absolute atomic E-state index is 0.0111.